The predicted molar refractivity (Wildman–Crippen MR) is 145 cm³/mol. The van der Waals surface area contributed by atoms with Crippen molar-refractivity contribution in [1.82, 2.24) is 19.4 Å². The molecule has 0 saturated carbocycles. The molecule has 1 unspecified atom stereocenters. The van der Waals surface area contributed by atoms with Crippen LogP contribution in [0, 0.1) is 5.41 Å². The van der Waals surface area contributed by atoms with E-state index >= 15 is 0 Å². The van der Waals surface area contributed by atoms with Crippen molar-refractivity contribution in [1.29, 1.82) is 0 Å². The van der Waals surface area contributed by atoms with Gasteiger partial charge in [0, 0.05) is 70.4 Å². The Morgan fingerprint density at radius 1 is 0.833 bits per heavy atom. The first-order valence-electron chi connectivity index (χ1n) is 12.4. The van der Waals surface area contributed by atoms with E-state index in [9.17, 15) is 9.59 Å². The molecule has 36 heavy (non-hydrogen) atoms. The van der Waals surface area contributed by atoms with Gasteiger partial charge >= 0.3 is 0 Å². The van der Waals surface area contributed by atoms with Gasteiger partial charge < -0.3 is 14.0 Å². The van der Waals surface area contributed by atoms with Crippen molar-refractivity contribution in [3.63, 3.8) is 0 Å². The maximum atomic E-state index is 13.4. The Bertz CT molecular complexity index is 1610. The average Bonchev–Trinajstić information content (AvgIpc) is 3.56. The third-order valence-corrected chi connectivity index (χ3v) is 8.44. The zero-order chi connectivity index (χ0) is 23.9. The zero-order valence-electron chi connectivity index (χ0n) is 20.5. The van der Waals surface area contributed by atoms with E-state index in [0.29, 0.717) is 11.1 Å². The Morgan fingerprint density at radius 3 is 2.28 bits per heavy atom. The fraction of sp³-hybridized carbons (Fsp3) is 0.310. The summed E-state index contributed by atoms with van der Waals surface area (Å²) in [5.41, 5.74) is 6.43. The van der Waals surface area contributed by atoms with Crippen molar-refractivity contribution in [2.24, 2.45) is 12.5 Å². The summed E-state index contributed by atoms with van der Waals surface area (Å²) in [5, 5.41) is 4.67. The number of carbonyl (C=O) groups excluding carboxylic acids is 2. The molecule has 1 atom stereocenters. The second-order valence-corrected chi connectivity index (χ2v) is 10.6. The van der Waals surface area contributed by atoms with Crippen LogP contribution in [0.2, 0.25) is 0 Å². The average molecular weight is 501 g/mol. The highest BCUT2D eigenvalue weighted by atomic mass is 35.5. The highest BCUT2D eigenvalue weighted by Gasteiger charge is 2.43. The van der Waals surface area contributed by atoms with Crippen LogP contribution in [-0.4, -0.2) is 46.0 Å². The molecule has 2 aromatic carbocycles. The van der Waals surface area contributed by atoms with Gasteiger partial charge in [0.15, 0.2) is 0 Å². The maximum Gasteiger partial charge on any atom is 0.259 e. The van der Waals surface area contributed by atoms with Gasteiger partial charge in [0.2, 0.25) is 0 Å². The molecule has 6 nitrogen and oxygen atoms in total. The Kier molecular flexibility index (Phi) is 5.18. The van der Waals surface area contributed by atoms with E-state index in [1.165, 1.54) is 12.1 Å². The molecule has 3 aliphatic rings. The number of amides is 2. The predicted octanol–water partition coefficient (Wildman–Crippen LogP) is 4.39. The first-order chi connectivity index (χ1) is 17.0. The number of carbonyl (C=O) groups is 2. The molecule has 1 N–H and O–H groups in total. The van der Waals surface area contributed by atoms with Gasteiger partial charge in [-0.15, -0.1) is 12.4 Å². The number of halogens is 1. The molecule has 3 aliphatic heterocycles. The number of hydrogen-bond donors (Lipinski definition) is 1. The van der Waals surface area contributed by atoms with Crippen LogP contribution in [0.5, 0.6) is 0 Å². The van der Waals surface area contributed by atoms with E-state index in [1.807, 2.05) is 48.1 Å². The summed E-state index contributed by atoms with van der Waals surface area (Å²) in [4.78, 5) is 29.1. The summed E-state index contributed by atoms with van der Waals surface area (Å²) in [5.74, 6) is -0.604. The number of benzene rings is 2. The number of nitrogens with one attached hydrogen (secondary N) is 1. The molecule has 4 aromatic rings. The minimum absolute atomic E-state index is 0. The molecule has 7 rings (SSSR count). The molecule has 1 saturated heterocycles. The van der Waals surface area contributed by atoms with E-state index < -0.39 is 0 Å². The Labute approximate surface area is 216 Å². The van der Waals surface area contributed by atoms with E-state index in [2.05, 4.69) is 40.0 Å². The number of nitrogens with zero attached hydrogens (tertiary/aromatic N) is 3. The molecule has 0 radical (unpaired) electrons. The molecule has 5 heterocycles. The van der Waals surface area contributed by atoms with Crippen LogP contribution >= 0.6 is 12.4 Å². The standard InChI is InChI=1S/C29H28N4O2.ClH/c1-31-14-13-29(16-31)12-11-23-24(19-8-4-6-10-22(19)33(23)17-29)26-25(27(34)30-28(26)35)20-15-32(2)21-9-5-3-7-18(20)21;/h3-10,15H,11-14,16-17H2,1-2H3,(H,30,34,35);1H. The van der Waals surface area contributed by atoms with Crippen LogP contribution in [0.3, 0.4) is 0 Å². The minimum Gasteiger partial charge on any atom is -0.350 e. The van der Waals surface area contributed by atoms with Crippen LogP contribution < -0.4 is 5.32 Å². The van der Waals surface area contributed by atoms with Crippen LogP contribution in [0.4, 0.5) is 0 Å². The molecule has 0 aliphatic carbocycles. The van der Waals surface area contributed by atoms with Crippen molar-refractivity contribution in [2.45, 2.75) is 25.8 Å². The monoisotopic (exact) mass is 500 g/mol. The third kappa shape index (κ3) is 3.14. The first kappa shape index (κ1) is 23.1. The van der Waals surface area contributed by atoms with Crippen LogP contribution in [-0.2, 0) is 29.6 Å². The van der Waals surface area contributed by atoms with Crippen molar-refractivity contribution in [3.8, 4) is 0 Å². The van der Waals surface area contributed by atoms with Crippen LogP contribution in [0.1, 0.15) is 29.7 Å². The summed E-state index contributed by atoms with van der Waals surface area (Å²) < 4.78 is 4.47. The lowest BCUT2D eigenvalue weighted by Crippen LogP contribution is -2.35. The maximum absolute atomic E-state index is 13.4. The zero-order valence-corrected chi connectivity index (χ0v) is 21.3. The van der Waals surface area contributed by atoms with Gasteiger partial charge in [0.1, 0.15) is 0 Å². The van der Waals surface area contributed by atoms with Gasteiger partial charge in [-0.3, -0.25) is 14.9 Å². The highest BCUT2D eigenvalue weighted by molar-refractivity contribution is 6.51. The van der Waals surface area contributed by atoms with Crippen LogP contribution in [0.25, 0.3) is 33.0 Å². The Morgan fingerprint density at radius 2 is 1.53 bits per heavy atom. The quantitative estimate of drug-likeness (QED) is 0.415. The number of aromatic nitrogens is 2. The number of para-hydroxylation sites is 2. The number of rotatable bonds is 2. The lowest BCUT2D eigenvalue weighted by Gasteiger charge is -2.35. The molecule has 1 spiro atoms. The SMILES string of the molecule is CN1CCC2(CCc3c(C4=C(c5cn(C)c6ccccc56)C(=O)NC4=O)c4ccccc4n3C2)C1.Cl. The summed E-state index contributed by atoms with van der Waals surface area (Å²) in [6.07, 6.45) is 5.19. The molecule has 184 valence electrons. The summed E-state index contributed by atoms with van der Waals surface area (Å²) in [6.45, 7) is 3.20. The van der Waals surface area contributed by atoms with Crippen molar-refractivity contribution in [3.05, 3.63) is 71.5 Å². The molecule has 0 bridgehead atoms. The third-order valence-electron chi connectivity index (χ3n) is 8.44. The molecular formula is C29H29ClN4O2. The minimum atomic E-state index is -0.310. The largest absolute Gasteiger partial charge is 0.350 e. The van der Waals surface area contributed by atoms with E-state index in [4.69, 9.17) is 0 Å². The van der Waals surface area contributed by atoms with Gasteiger partial charge in [-0.25, -0.2) is 0 Å². The lowest BCUT2D eigenvalue weighted by molar-refractivity contribution is -0.122. The van der Waals surface area contributed by atoms with Gasteiger partial charge in [0.25, 0.3) is 11.8 Å². The molecule has 2 aromatic heterocycles. The fourth-order valence-electron chi connectivity index (χ4n) is 6.86. The summed E-state index contributed by atoms with van der Waals surface area (Å²) >= 11 is 0. The van der Waals surface area contributed by atoms with E-state index in [-0.39, 0.29) is 29.6 Å². The van der Waals surface area contributed by atoms with E-state index in [1.54, 1.807) is 0 Å². The normalized spacial score (nSPS) is 22.1. The second kappa shape index (κ2) is 8.08. The van der Waals surface area contributed by atoms with Gasteiger partial charge in [-0.2, -0.15) is 0 Å². The van der Waals surface area contributed by atoms with Crippen molar-refractivity contribution in [2.75, 3.05) is 20.1 Å². The van der Waals surface area contributed by atoms with Gasteiger partial charge in [-0.1, -0.05) is 36.4 Å². The molecule has 7 heteroatoms. The van der Waals surface area contributed by atoms with Crippen molar-refractivity contribution < 1.29 is 9.59 Å². The molecule has 2 amide bonds. The fourth-order valence-corrected chi connectivity index (χ4v) is 6.86. The lowest BCUT2D eigenvalue weighted by atomic mass is 9.78. The molecular weight excluding hydrogens is 472 g/mol. The van der Waals surface area contributed by atoms with Gasteiger partial charge in [-0.05, 0) is 45.0 Å². The molecule has 1 fully saturated rings. The van der Waals surface area contributed by atoms with E-state index in [0.717, 1.165) is 65.4 Å². The Balaban J connectivity index is 0.00000240. The number of aryl methyl sites for hydroxylation is 1. The summed E-state index contributed by atoms with van der Waals surface area (Å²) in [6, 6.07) is 16.4. The van der Waals surface area contributed by atoms with Gasteiger partial charge in [0.05, 0.1) is 11.1 Å². The Hall–Kier alpha value is -3.35. The van der Waals surface area contributed by atoms with Crippen molar-refractivity contribution >= 4 is 57.2 Å². The summed E-state index contributed by atoms with van der Waals surface area (Å²) in [7, 11) is 4.19. The number of hydrogen-bond acceptors (Lipinski definition) is 3. The number of imide groups is 1. The second-order valence-electron chi connectivity index (χ2n) is 10.6. The van der Waals surface area contributed by atoms with Crippen LogP contribution in [0.15, 0.2) is 54.7 Å². The highest BCUT2D eigenvalue weighted by Crippen LogP contribution is 2.47. The first-order valence-corrected chi connectivity index (χ1v) is 12.4. The smallest absolute Gasteiger partial charge is 0.259 e. The number of likely N-dealkylation sites (tertiary alicyclic amines) is 1. The number of fused-ring (bicyclic) bond motifs is 4. The topological polar surface area (TPSA) is 59.3 Å².